The fourth-order valence-electron chi connectivity index (χ4n) is 1.08. The summed E-state index contributed by atoms with van der Waals surface area (Å²) in [6.45, 7) is 8.03. The van der Waals surface area contributed by atoms with Gasteiger partial charge in [0.05, 0.1) is 11.7 Å². The molecule has 3 nitrogen and oxygen atoms in total. The van der Waals surface area contributed by atoms with Gasteiger partial charge < -0.3 is 0 Å². The highest BCUT2D eigenvalue weighted by atomic mass is 16.1. The van der Waals surface area contributed by atoms with Crippen LogP contribution in [0.2, 0.25) is 0 Å². The Morgan fingerprint density at radius 3 is 2.57 bits per heavy atom. The van der Waals surface area contributed by atoms with E-state index in [1.165, 1.54) is 0 Å². The Labute approximate surface area is 84.4 Å². The van der Waals surface area contributed by atoms with Gasteiger partial charge in [-0.2, -0.15) is 5.10 Å². The molecule has 0 amide bonds. The number of carbonyl (C=O) groups excluding carboxylic acids is 1. The van der Waals surface area contributed by atoms with Crippen LogP contribution in [0.1, 0.15) is 33.3 Å². The van der Waals surface area contributed by atoms with Crippen LogP contribution in [0.25, 0.3) is 6.08 Å². The van der Waals surface area contributed by atoms with Crippen molar-refractivity contribution < 1.29 is 4.79 Å². The first-order chi connectivity index (χ1) is 6.43. The molecule has 0 fully saturated rings. The molecule has 0 radical (unpaired) electrons. The van der Waals surface area contributed by atoms with E-state index in [4.69, 9.17) is 0 Å². The second-order valence-electron chi connectivity index (χ2n) is 4.40. The van der Waals surface area contributed by atoms with E-state index in [2.05, 4.69) is 25.9 Å². The fraction of sp³-hybridized carbons (Fsp3) is 0.455. The normalized spacial score (nSPS) is 13.0. The Bertz CT molecular complexity index is 356. The third kappa shape index (κ3) is 2.55. The summed E-state index contributed by atoms with van der Waals surface area (Å²) >= 11 is 0. The van der Waals surface area contributed by atoms with Gasteiger partial charge in [0.15, 0.2) is 0 Å². The molecule has 1 rings (SSSR count). The number of allylic oxidation sites excluding steroid dienone is 1. The molecule has 0 N–H and O–H groups in total. The maximum Gasteiger partial charge on any atom is 0.145 e. The smallest absolute Gasteiger partial charge is 0.145 e. The summed E-state index contributed by atoms with van der Waals surface area (Å²) in [5.41, 5.74) is 1.66. The maximum absolute atomic E-state index is 10.4. The van der Waals surface area contributed by atoms with Crippen molar-refractivity contribution in [3.05, 3.63) is 23.5 Å². The molecule has 0 aliphatic carbocycles. The zero-order valence-electron chi connectivity index (χ0n) is 9.11. The van der Waals surface area contributed by atoms with E-state index in [9.17, 15) is 4.79 Å². The van der Waals surface area contributed by atoms with Gasteiger partial charge in [-0.25, -0.2) is 0 Å². The van der Waals surface area contributed by atoms with Crippen molar-refractivity contribution >= 4 is 12.4 Å². The van der Waals surface area contributed by atoms with Gasteiger partial charge in [0.2, 0.25) is 0 Å². The number of hydrogen-bond acceptors (Lipinski definition) is 2. The van der Waals surface area contributed by atoms with Crippen LogP contribution in [-0.4, -0.2) is 16.1 Å². The quantitative estimate of drug-likeness (QED) is 0.532. The molecule has 0 aliphatic heterocycles. The SMILES string of the molecule is C/C(C=O)=C\c1cnn(C(C)(C)C)c1. The standard InChI is InChI=1S/C11H16N2O/c1-9(8-14)5-10-6-12-13(7-10)11(2,3)4/h5-8H,1-4H3/b9-5+. The highest BCUT2D eigenvalue weighted by Gasteiger charge is 2.13. The van der Waals surface area contributed by atoms with Gasteiger partial charge in [-0.05, 0) is 39.3 Å². The van der Waals surface area contributed by atoms with Crippen LogP contribution in [0.4, 0.5) is 0 Å². The minimum atomic E-state index is -0.0127. The highest BCUT2D eigenvalue weighted by molar-refractivity contribution is 5.80. The number of rotatable bonds is 2. The van der Waals surface area contributed by atoms with E-state index in [1.807, 2.05) is 17.0 Å². The first kappa shape index (κ1) is 10.7. The van der Waals surface area contributed by atoms with Crippen molar-refractivity contribution in [2.45, 2.75) is 33.2 Å². The van der Waals surface area contributed by atoms with Crippen molar-refractivity contribution in [3.8, 4) is 0 Å². The Morgan fingerprint density at radius 1 is 1.50 bits per heavy atom. The van der Waals surface area contributed by atoms with Crippen LogP contribution in [0.5, 0.6) is 0 Å². The van der Waals surface area contributed by atoms with Crippen molar-refractivity contribution in [1.29, 1.82) is 0 Å². The monoisotopic (exact) mass is 192 g/mol. The van der Waals surface area contributed by atoms with Gasteiger partial charge in [0.1, 0.15) is 6.29 Å². The molecule has 3 heteroatoms. The number of hydrogen-bond donors (Lipinski definition) is 0. The zero-order valence-corrected chi connectivity index (χ0v) is 9.11. The van der Waals surface area contributed by atoms with Crippen LogP contribution in [0.15, 0.2) is 18.0 Å². The predicted molar refractivity (Wildman–Crippen MR) is 56.9 cm³/mol. The molecule has 1 aromatic heterocycles. The first-order valence-electron chi connectivity index (χ1n) is 4.62. The minimum absolute atomic E-state index is 0.0127. The van der Waals surface area contributed by atoms with Crippen LogP contribution < -0.4 is 0 Å². The molecule has 0 saturated carbocycles. The molecule has 1 aromatic rings. The lowest BCUT2D eigenvalue weighted by atomic mass is 10.1. The summed E-state index contributed by atoms with van der Waals surface area (Å²) in [6, 6.07) is 0. The summed E-state index contributed by atoms with van der Waals surface area (Å²) in [7, 11) is 0. The molecule has 0 unspecified atom stereocenters. The lowest BCUT2D eigenvalue weighted by Gasteiger charge is -2.18. The van der Waals surface area contributed by atoms with Crippen molar-refractivity contribution in [2.24, 2.45) is 0 Å². The average molecular weight is 192 g/mol. The Kier molecular flexibility index (Phi) is 2.89. The lowest BCUT2D eigenvalue weighted by Crippen LogP contribution is -2.21. The molecular formula is C11H16N2O. The van der Waals surface area contributed by atoms with Gasteiger partial charge in [0.25, 0.3) is 0 Å². The summed E-state index contributed by atoms with van der Waals surface area (Å²) in [6.07, 6.45) is 6.36. The molecule has 0 aromatic carbocycles. The van der Waals surface area contributed by atoms with E-state index >= 15 is 0 Å². The van der Waals surface area contributed by atoms with Crippen LogP contribution in [0.3, 0.4) is 0 Å². The van der Waals surface area contributed by atoms with Gasteiger partial charge in [-0.3, -0.25) is 9.48 Å². The van der Waals surface area contributed by atoms with Gasteiger partial charge >= 0.3 is 0 Å². The van der Waals surface area contributed by atoms with Crippen molar-refractivity contribution in [1.82, 2.24) is 9.78 Å². The van der Waals surface area contributed by atoms with Gasteiger partial charge in [-0.1, -0.05) is 0 Å². The van der Waals surface area contributed by atoms with Gasteiger partial charge in [0, 0.05) is 11.8 Å². The number of aromatic nitrogens is 2. The van der Waals surface area contributed by atoms with E-state index in [1.54, 1.807) is 13.1 Å². The zero-order chi connectivity index (χ0) is 10.8. The summed E-state index contributed by atoms with van der Waals surface area (Å²) in [5.74, 6) is 0. The molecule has 0 bridgehead atoms. The fourth-order valence-corrected chi connectivity index (χ4v) is 1.08. The maximum atomic E-state index is 10.4. The average Bonchev–Trinajstić information content (AvgIpc) is 2.51. The van der Waals surface area contributed by atoms with Crippen molar-refractivity contribution in [2.75, 3.05) is 0 Å². The predicted octanol–water partition coefficient (Wildman–Crippen LogP) is 2.24. The molecule has 0 aliphatic rings. The first-order valence-corrected chi connectivity index (χ1v) is 4.62. The second kappa shape index (κ2) is 3.78. The van der Waals surface area contributed by atoms with E-state index in [0.29, 0.717) is 5.57 Å². The largest absolute Gasteiger partial charge is 0.298 e. The Balaban J connectivity index is 2.95. The molecule has 0 saturated heterocycles. The van der Waals surface area contributed by atoms with Crippen LogP contribution >= 0.6 is 0 Å². The topological polar surface area (TPSA) is 34.9 Å². The Hall–Kier alpha value is -1.38. The molecular weight excluding hydrogens is 176 g/mol. The van der Waals surface area contributed by atoms with Crippen LogP contribution in [0, 0.1) is 0 Å². The molecule has 0 atom stereocenters. The van der Waals surface area contributed by atoms with Gasteiger partial charge in [-0.15, -0.1) is 0 Å². The lowest BCUT2D eigenvalue weighted by molar-refractivity contribution is -0.104. The number of nitrogens with zero attached hydrogens (tertiary/aromatic N) is 2. The molecule has 1 heterocycles. The molecule has 14 heavy (non-hydrogen) atoms. The molecule has 0 spiro atoms. The second-order valence-corrected chi connectivity index (χ2v) is 4.40. The third-order valence-electron chi connectivity index (χ3n) is 1.87. The third-order valence-corrected chi connectivity index (χ3v) is 1.87. The number of carbonyl (C=O) groups is 1. The van der Waals surface area contributed by atoms with E-state index in [0.717, 1.165) is 11.8 Å². The summed E-state index contributed by atoms with van der Waals surface area (Å²) in [4.78, 5) is 10.4. The van der Waals surface area contributed by atoms with Crippen LogP contribution in [-0.2, 0) is 10.3 Å². The van der Waals surface area contributed by atoms with Crippen molar-refractivity contribution in [3.63, 3.8) is 0 Å². The summed E-state index contributed by atoms with van der Waals surface area (Å²) < 4.78 is 1.89. The highest BCUT2D eigenvalue weighted by Crippen LogP contribution is 2.14. The van der Waals surface area contributed by atoms with E-state index in [-0.39, 0.29) is 5.54 Å². The number of aldehydes is 1. The van der Waals surface area contributed by atoms with E-state index < -0.39 is 0 Å². The Morgan fingerprint density at radius 2 is 2.14 bits per heavy atom. The minimum Gasteiger partial charge on any atom is -0.298 e. The molecule has 76 valence electrons. The summed E-state index contributed by atoms with van der Waals surface area (Å²) in [5, 5.41) is 4.23.